The van der Waals surface area contributed by atoms with Gasteiger partial charge in [-0.05, 0) is 61.9 Å². The summed E-state index contributed by atoms with van der Waals surface area (Å²) < 4.78 is 0. The number of unbranched alkanes of at least 4 members (excludes halogenated alkanes) is 12. The lowest BCUT2D eigenvalue weighted by Gasteiger charge is -2.31. The van der Waals surface area contributed by atoms with E-state index < -0.39 is 0 Å². The average Bonchev–Trinajstić information content (AvgIpc) is 2.79. The highest BCUT2D eigenvalue weighted by molar-refractivity contribution is 5.26. The molecular weight excluding hydrogens is 360 g/mol. The highest BCUT2D eigenvalue weighted by atomic mass is 14.3. The first-order valence-corrected chi connectivity index (χ1v) is 14.2. The van der Waals surface area contributed by atoms with E-state index >= 15 is 0 Å². The molecular formula is C30H54. The van der Waals surface area contributed by atoms with Crippen molar-refractivity contribution in [2.75, 3.05) is 0 Å². The Morgan fingerprint density at radius 2 is 1.17 bits per heavy atom. The molecule has 2 aliphatic carbocycles. The van der Waals surface area contributed by atoms with Crippen molar-refractivity contribution in [3.05, 3.63) is 23.8 Å². The molecule has 0 aromatic heterocycles. The van der Waals surface area contributed by atoms with Crippen LogP contribution in [0.4, 0.5) is 0 Å². The molecule has 0 bridgehead atoms. The van der Waals surface area contributed by atoms with Gasteiger partial charge in [0.25, 0.3) is 0 Å². The van der Waals surface area contributed by atoms with Crippen molar-refractivity contribution in [2.45, 2.75) is 149 Å². The molecule has 0 amide bonds. The minimum atomic E-state index is 0.831. The van der Waals surface area contributed by atoms with Gasteiger partial charge in [0, 0.05) is 0 Å². The maximum Gasteiger partial charge on any atom is -0.0165 e. The Labute approximate surface area is 190 Å². The van der Waals surface area contributed by atoms with Crippen molar-refractivity contribution < 1.29 is 0 Å². The van der Waals surface area contributed by atoms with Crippen molar-refractivity contribution in [1.29, 1.82) is 0 Å². The topological polar surface area (TPSA) is 0 Å². The smallest absolute Gasteiger partial charge is 0.0165 e. The molecule has 174 valence electrons. The van der Waals surface area contributed by atoms with Gasteiger partial charge in [0.2, 0.25) is 0 Å². The van der Waals surface area contributed by atoms with Crippen LogP contribution in [0, 0.1) is 17.8 Å². The van der Waals surface area contributed by atoms with E-state index in [-0.39, 0.29) is 0 Å². The lowest BCUT2D eigenvalue weighted by Crippen LogP contribution is -2.17. The summed E-state index contributed by atoms with van der Waals surface area (Å²) in [4.78, 5) is 0. The molecule has 1 saturated carbocycles. The Bertz CT molecular complexity index is 449. The summed E-state index contributed by atoms with van der Waals surface area (Å²) >= 11 is 0. The van der Waals surface area contributed by atoms with Gasteiger partial charge in [-0.2, -0.15) is 0 Å². The van der Waals surface area contributed by atoms with Crippen LogP contribution in [-0.2, 0) is 0 Å². The van der Waals surface area contributed by atoms with E-state index in [1.165, 1.54) is 135 Å². The number of allylic oxidation sites excluding steroid dienone is 4. The predicted octanol–water partition coefficient (Wildman–Crippen LogP) is 10.6. The lowest BCUT2D eigenvalue weighted by atomic mass is 9.75. The Kier molecular flexibility index (Phi) is 14.7. The zero-order chi connectivity index (χ0) is 21.3. The molecule has 0 nitrogen and oxygen atoms in total. The van der Waals surface area contributed by atoms with Gasteiger partial charge < -0.3 is 0 Å². The Morgan fingerprint density at radius 3 is 1.70 bits per heavy atom. The van der Waals surface area contributed by atoms with Crippen LogP contribution in [0.5, 0.6) is 0 Å². The van der Waals surface area contributed by atoms with E-state index in [1.807, 2.05) is 0 Å². The SMILES string of the molecule is CCCCCCCCCCC1C=CC(C2CCC(CCCCCCCC)CC2)=CC1. The van der Waals surface area contributed by atoms with Crippen LogP contribution in [0.3, 0.4) is 0 Å². The van der Waals surface area contributed by atoms with Crippen molar-refractivity contribution in [2.24, 2.45) is 17.8 Å². The predicted molar refractivity (Wildman–Crippen MR) is 136 cm³/mol. The van der Waals surface area contributed by atoms with E-state index in [0.29, 0.717) is 0 Å². The van der Waals surface area contributed by atoms with Gasteiger partial charge >= 0.3 is 0 Å². The second-order valence-electron chi connectivity index (χ2n) is 10.6. The Balaban J connectivity index is 1.49. The second-order valence-corrected chi connectivity index (χ2v) is 10.6. The first kappa shape index (κ1) is 25.7. The van der Waals surface area contributed by atoms with E-state index in [4.69, 9.17) is 0 Å². The summed E-state index contributed by atoms with van der Waals surface area (Å²) in [6.45, 7) is 4.62. The molecule has 0 aromatic rings. The van der Waals surface area contributed by atoms with Gasteiger partial charge in [-0.15, -0.1) is 0 Å². The van der Waals surface area contributed by atoms with E-state index in [0.717, 1.165) is 17.8 Å². The van der Waals surface area contributed by atoms with Crippen LogP contribution in [-0.4, -0.2) is 0 Å². The highest BCUT2D eigenvalue weighted by Crippen LogP contribution is 2.38. The molecule has 0 saturated heterocycles. The summed E-state index contributed by atoms with van der Waals surface area (Å²) in [6, 6.07) is 0. The quantitative estimate of drug-likeness (QED) is 0.208. The van der Waals surface area contributed by atoms with Crippen molar-refractivity contribution in [3.8, 4) is 0 Å². The second kappa shape index (κ2) is 17.1. The van der Waals surface area contributed by atoms with Crippen molar-refractivity contribution >= 4 is 0 Å². The zero-order valence-electron chi connectivity index (χ0n) is 20.8. The third-order valence-electron chi connectivity index (χ3n) is 7.93. The average molecular weight is 415 g/mol. The molecule has 1 atom stereocenters. The third kappa shape index (κ3) is 11.2. The molecule has 0 aromatic carbocycles. The highest BCUT2D eigenvalue weighted by Gasteiger charge is 2.23. The molecule has 1 unspecified atom stereocenters. The minimum absolute atomic E-state index is 0.831. The first-order valence-electron chi connectivity index (χ1n) is 14.2. The Morgan fingerprint density at radius 1 is 0.633 bits per heavy atom. The monoisotopic (exact) mass is 414 g/mol. The fourth-order valence-electron chi connectivity index (χ4n) is 5.74. The van der Waals surface area contributed by atoms with Gasteiger partial charge in [-0.25, -0.2) is 0 Å². The maximum absolute atomic E-state index is 2.62. The summed E-state index contributed by atoms with van der Waals surface area (Å²) in [6.07, 6.45) is 38.1. The maximum atomic E-state index is 2.62. The lowest BCUT2D eigenvalue weighted by molar-refractivity contribution is 0.282. The molecule has 30 heavy (non-hydrogen) atoms. The molecule has 1 fully saturated rings. The molecule has 0 radical (unpaired) electrons. The summed E-state index contributed by atoms with van der Waals surface area (Å²) in [5, 5.41) is 0. The molecule has 0 N–H and O–H groups in total. The van der Waals surface area contributed by atoms with Crippen molar-refractivity contribution in [1.82, 2.24) is 0 Å². The van der Waals surface area contributed by atoms with Gasteiger partial charge in [-0.1, -0.05) is 128 Å². The summed E-state index contributed by atoms with van der Waals surface area (Å²) in [5.41, 5.74) is 1.69. The standard InChI is InChI=1S/C30H54/c1-3-5-7-9-11-12-14-16-18-28-21-25-30(26-22-28)29-23-19-27(20-24-29)17-15-13-10-8-6-4-2/h21,25-29H,3-20,22-24H2,1-2H3. The minimum Gasteiger partial charge on any atom is -0.0808 e. The van der Waals surface area contributed by atoms with Crippen LogP contribution in [0.2, 0.25) is 0 Å². The summed E-state index contributed by atoms with van der Waals surface area (Å²) in [7, 11) is 0. The summed E-state index contributed by atoms with van der Waals surface area (Å²) in [5.74, 6) is 2.75. The van der Waals surface area contributed by atoms with Crippen LogP contribution in [0.15, 0.2) is 23.8 Å². The Hall–Kier alpha value is -0.520. The van der Waals surface area contributed by atoms with Crippen LogP contribution in [0.25, 0.3) is 0 Å². The molecule has 0 heteroatoms. The first-order chi connectivity index (χ1) is 14.8. The van der Waals surface area contributed by atoms with E-state index in [1.54, 1.807) is 5.57 Å². The number of hydrogen-bond acceptors (Lipinski definition) is 0. The number of hydrogen-bond donors (Lipinski definition) is 0. The van der Waals surface area contributed by atoms with Gasteiger partial charge in [-0.3, -0.25) is 0 Å². The fourth-order valence-corrected chi connectivity index (χ4v) is 5.74. The number of rotatable bonds is 17. The molecule has 0 spiro atoms. The largest absolute Gasteiger partial charge is 0.0808 e. The fraction of sp³-hybridized carbons (Fsp3) is 0.867. The normalized spacial score (nSPS) is 24.2. The van der Waals surface area contributed by atoms with Gasteiger partial charge in [0.1, 0.15) is 0 Å². The van der Waals surface area contributed by atoms with Crippen LogP contribution in [0.1, 0.15) is 149 Å². The molecule has 0 heterocycles. The zero-order valence-corrected chi connectivity index (χ0v) is 20.8. The van der Waals surface area contributed by atoms with Crippen LogP contribution >= 0.6 is 0 Å². The molecule has 2 aliphatic rings. The molecule has 0 aliphatic heterocycles. The van der Waals surface area contributed by atoms with Gasteiger partial charge in [0.05, 0.1) is 0 Å². The van der Waals surface area contributed by atoms with E-state index in [2.05, 4.69) is 32.1 Å². The third-order valence-corrected chi connectivity index (χ3v) is 7.93. The van der Waals surface area contributed by atoms with E-state index in [9.17, 15) is 0 Å². The molecule has 2 rings (SSSR count). The van der Waals surface area contributed by atoms with Crippen molar-refractivity contribution in [3.63, 3.8) is 0 Å². The van der Waals surface area contributed by atoms with Gasteiger partial charge in [0.15, 0.2) is 0 Å². The van der Waals surface area contributed by atoms with Crippen LogP contribution < -0.4 is 0 Å².